The van der Waals surface area contributed by atoms with Gasteiger partial charge in [-0.2, -0.15) is 5.26 Å². The van der Waals surface area contributed by atoms with E-state index in [0.717, 1.165) is 16.5 Å². The molecule has 21 heavy (non-hydrogen) atoms. The van der Waals surface area contributed by atoms with Crippen LogP contribution in [0, 0.1) is 17.1 Å². The van der Waals surface area contributed by atoms with Crippen LogP contribution in [0.2, 0.25) is 0 Å². The molecule has 0 fully saturated rings. The van der Waals surface area contributed by atoms with Crippen LogP contribution in [0.25, 0.3) is 10.9 Å². The molecule has 4 heteroatoms. The number of nitrogens with zero attached hydrogens (tertiary/aromatic N) is 2. The van der Waals surface area contributed by atoms with E-state index >= 15 is 0 Å². The first-order valence-corrected chi connectivity index (χ1v) is 6.68. The highest BCUT2D eigenvalue weighted by atomic mass is 19.1. The Morgan fingerprint density at radius 3 is 2.76 bits per heavy atom. The minimum atomic E-state index is -0.330. The summed E-state index contributed by atoms with van der Waals surface area (Å²) in [6.45, 7) is 0.933. The molecule has 0 spiro atoms. The molecule has 0 aliphatic carbocycles. The Bertz CT molecular complexity index is 843. The minimum Gasteiger partial charge on any atom is -0.343 e. The number of hydrogen-bond donors (Lipinski definition) is 1. The number of rotatable bonds is 3. The number of benzene rings is 2. The molecule has 0 unspecified atom stereocenters. The fourth-order valence-electron chi connectivity index (χ4n) is 2.59. The molecule has 0 radical (unpaired) electrons. The lowest BCUT2D eigenvalue weighted by atomic mass is 10.1. The maximum atomic E-state index is 13.4. The van der Waals surface area contributed by atoms with Crippen molar-refractivity contribution in [2.75, 3.05) is 0 Å². The lowest BCUT2D eigenvalue weighted by molar-refractivity contribution is 0.623. The summed E-state index contributed by atoms with van der Waals surface area (Å²) in [5, 5.41) is 10.2. The number of hydrogen-bond acceptors (Lipinski definition) is 2. The third-order valence-corrected chi connectivity index (χ3v) is 3.65. The molecule has 0 aliphatic heterocycles. The molecule has 1 heterocycles. The Hall–Kier alpha value is -2.64. The SMILES string of the molecule is N#Cc1ccc(F)cc1Cn1ccc2c(CN)cccc21. The monoisotopic (exact) mass is 279 g/mol. The Labute approximate surface area is 122 Å². The Morgan fingerprint density at radius 2 is 2.00 bits per heavy atom. The molecule has 0 atom stereocenters. The fraction of sp³-hybridized carbons (Fsp3) is 0.118. The number of nitriles is 1. The van der Waals surface area contributed by atoms with Crippen molar-refractivity contribution in [2.45, 2.75) is 13.1 Å². The zero-order valence-corrected chi connectivity index (χ0v) is 11.4. The minimum absolute atomic E-state index is 0.330. The molecule has 2 N–H and O–H groups in total. The molecular formula is C17H14FN3. The number of nitrogens with two attached hydrogens (primary N) is 1. The highest BCUT2D eigenvalue weighted by Crippen LogP contribution is 2.22. The van der Waals surface area contributed by atoms with Crippen molar-refractivity contribution in [1.29, 1.82) is 5.26 Å². The number of aromatic nitrogens is 1. The molecule has 1 aromatic heterocycles. The van der Waals surface area contributed by atoms with Gasteiger partial charge in [-0.1, -0.05) is 12.1 Å². The van der Waals surface area contributed by atoms with Gasteiger partial charge in [0.2, 0.25) is 0 Å². The molecule has 3 aromatic rings. The molecule has 0 aliphatic rings. The van der Waals surface area contributed by atoms with Crippen molar-refractivity contribution in [2.24, 2.45) is 5.73 Å². The Kier molecular flexibility index (Phi) is 3.43. The standard InChI is InChI=1S/C17H14FN3/c18-15-5-4-12(9-19)14(8-15)11-21-7-6-16-13(10-20)2-1-3-17(16)21/h1-8H,10-11,20H2. The molecule has 3 rings (SSSR count). The summed E-state index contributed by atoms with van der Waals surface area (Å²) < 4.78 is 15.4. The summed E-state index contributed by atoms with van der Waals surface area (Å²) >= 11 is 0. The van der Waals surface area contributed by atoms with E-state index in [0.29, 0.717) is 24.2 Å². The van der Waals surface area contributed by atoms with Crippen LogP contribution in [0.1, 0.15) is 16.7 Å². The lowest BCUT2D eigenvalue weighted by Crippen LogP contribution is -2.02. The van der Waals surface area contributed by atoms with Crippen molar-refractivity contribution < 1.29 is 4.39 Å². The average molecular weight is 279 g/mol. The van der Waals surface area contributed by atoms with Crippen LogP contribution in [0.3, 0.4) is 0 Å². The largest absolute Gasteiger partial charge is 0.343 e. The number of fused-ring (bicyclic) bond motifs is 1. The van der Waals surface area contributed by atoms with E-state index in [2.05, 4.69) is 6.07 Å². The van der Waals surface area contributed by atoms with Gasteiger partial charge in [-0.3, -0.25) is 0 Å². The molecule has 104 valence electrons. The second-order valence-corrected chi connectivity index (χ2v) is 4.91. The van der Waals surface area contributed by atoms with Crippen LogP contribution < -0.4 is 5.73 Å². The first-order valence-electron chi connectivity index (χ1n) is 6.68. The molecule has 0 saturated heterocycles. The van der Waals surface area contributed by atoms with E-state index in [1.165, 1.54) is 18.2 Å². The Morgan fingerprint density at radius 1 is 1.14 bits per heavy atom. The second-order valence-electron chi connectivity index (χ2n) is 4.91. The van der Waals surface area contributed by atoms with Crippen LogP contribution in [-0.2, 0) is 13.1 Å². The van der Waals surface area contributed by atoms with E-state index in [-0.39, 0.29) is 5.82 Å². The average Bonchev–Trinajstić information content (AvgIpc) is 2.91. The van der Waals surface area contributed by atoms with Gasteiger partial charge in [0, 0.05) is 30.2 Å². The van der Waals surface area contributed by atoms with Crippen LogP contribution in [0.5, 0.6) is 0 Å². The predicted octanol–water partition coefficient (Wildman–Crippen LogP) is 3.16. The van der Waals surface area contributed by atoms with E-state index in [1.54, 1.807) is 0 Å². The van der Waals surface area contributed by atoms with Crippen molar-refractivity contribution in [3.05, 3.63) is 71.2 Å². The van der Waals surface area contributed by atoms with Crippen LogP contribution in [0.4, 0.5) is 4.39 Å². The van der Waals surface area contributed by atoms with Gasteiger partial charge in [-0.15, -0.1) is 0 Å². The van der Waals surface area contributed by atoms with Gasteiger partial charge in [0.15, 0.2) is 0 Å². The second kappa shape index (κ2) is 5.39. The summed E-state index contributed by atoms with van der Waals surface area (Å²) in [4.78, 5) is 0. The number of halogens is 1. The summed E-state index contributed by atoms with van der Waals surface area (Å²) in [7, 11) is 0. The van der Waals surface area contributed by atoms with Gasteiger partial charge in [-0.25, -0.2) is 4.39 Å². The first-order chi connectivity index (χ1) is 10.2. The first kappa shape index (κ1) is 13.3. The molecule has 0 saturated carbocycles. The molecule has 0 amide bonds. The molecular weight excluding hydrogens is 265 g/mol. The summed E-state index contributed by atoms with van der Waals surface area (Å²) in [6.07, 6.45) is 1.94. The fourth-order valence-corrected chi connectivity index (χ4v) is 2.59. The summed E-state index contributed by atoms with van der Waals surface area (Å²) in [6, 6.07) is 14.3. The van der Waals surface area contributed by atoms with Crippen LogP contribution in [0.15, 0.2) is 48.7 Å². The van der Waals surface area contributed by atoms with Crippen LogP contribution in [-0.4, -0.2) is 4.57 Å². The quantitative estimate of drug-likeness (QED) is 0.800. The maximum absolute atomic E-state index is 13.4. The highest BCUT2D eigenvalue weighted by Gasteiger charge is 2.08. The summed E-state index contributed by atoms with van der Waals surface area (Å²) in [5.74, 6) is -0.330. The molecule has 3 nitrogen and oxygen atoms in total. The van der Waals surface area contributed by atoms with E-state index in [4.69, 9.17) is 11.0 Å². The zero-order valence-electron chi connectivity index (χ0n) is 11.4. The van der Waals surface area contributed by atoms with Gasteiger partial charge in [0.25, 0.3) is 0 Å². The predicted molar refractivity (Wildman–Crippen MR) is 80.0 cm³/mol. The van der Waals surface area contributed by atoms with Crippen molar-refractivity contribution in [3.63, 3.8) is 0 Å². The molecule has 0 bridgehead atoms. The lowest BCUT2D eigenvalue weighted by Gasteiger charge is -2.08. The van der Waals surface area contributed by atoms with Gasteiger partial charge in [0.1, 0.15) is 5.82 Å². The van der Waals surface area contributed by atoms with Crippen molar-refractivity contribution in [3.8, 4) is 6.07 Å². The van der Waals surface area contributed by atoms with E-state index in [9.17, 15) is 4.39 Å². The van der Waals surface area contributed by atoms with Gasteiger partial charge in [0.05, 0.1) is 11.6 Å². The third-order valence-electron chi connectivity index (χ3n) is 3.65. The molecule has 2 aromatic carbocycles. The maximum Gasteiger partial charge on any atom is 0.123 e. The topological polar surface area (TPSA) is 54.7 Å². The smallest absolute Gasteiger partial charge is 0.123 e. The van der Waals surface area contributed by atoms with E-state index < -0.39 is 0 Å². The van der Waals surface area contributed by atoms with Gasteiger partial charge < -0.3 is 10.3 Å². The van der Waals surface area contributed by atoms with Crippen molar-refractivity contribution >= 4 is 10.9 Å². The highest BCUT2D eigenvalue weighted by molar-refractivity contribution is 5.83. The third kappa shape index (κ3) is 2.39. The van der Waals surface area contributed by atoms with Crippen LogP contribution >= 0.6 is 0 Å². The zero-order chi connectivity index (χ0) is 14.8. The Balaban J connectivity index is 2.07. The van der Waals surface area contributed by atoms with Crippen molar-refractivity contribution in [1.82, 2.24) is 4.57 Å². The normalized spacial score (nSPS) is 10.7. The van der Waals surface area contributed by atoms with E-state index in [1.807, 2.05) is 35.0 Å². The van der Waals surface area contributed by atoms with Gasteiger partial charge in [-0.05, 0) is 41.5 Å². The summed E-state index contributed by atoms with van der Waals surface area (Å²) in [5.41, 5.74) is 9.02. The van der Waals surface area contributed by atoms with Gasteiger partial charge >= 0.3 is 0 Å².